The summed E-state index contributed by atoms with van der Waals surface area (Å²) in [6.45, 7) is 0. The van der Waals surface area contributed by atoms with Gasteiger partial charge in [-0.15, -0.1) is 0 Å². The van der Waals surface area contributed by atoms with Gasteiger partial charge in [-0.05, 0) is 156 Å². The Morgan fingerprint density at radius 1 is 0.311 bits per heavy atom. The van der Waals surface area contributed by atoms with Crippen LogP contribution < -0.4 is 15.3 Å². The summed E-state index contributed by atoms with van der Waals surface area (Å²) in [7, 11) is -8.28. The first-order valence-corrected chi connectivity index (χ1v) is 28.5. The largest absolute Gasteiger partial charge is 0.488 e. The fourth-order valence-electron chi connectivity index (χ4n) is 9.03. The second-order valence-corrected chi connectivity index (χ2v) is 23.7. The SMILES string of the molecule is O=S1(=O)c2ccc(Br)cc2-c2cc(-c3ccc(N(c4ccccc4)c4ccccc4)cc3)ccc21.O=S1(=O)c2ccc(Br)cc2-c2cc(Br)ccc21.OB(O)c1ccc(N(c2ccccc2)c2ccccc2)cc1. The third-order valence-electron chi connectivity index (χ3n) is 12.5. The van der Waals surface area contributed by atoms with E-state index in [1.165, 1.54) is 0 Å². The predicted molar refractivity (Wildman–Crippen MR) is 309 cm³/mol. The summed E-state index contributed by atoms with van der Waals surface area (Å²) in [6.07, 6.45) is 0. The molecule has 2 aliphatic heterocycles. The summed E-state index contributed by atoms with van der Waals surface area (Å²) >= 11 is 10.2. The number of para-hydroxylation sites is 4. The van der Waals surface area contributed by atoms with E-state index in [0.717, 1.165) is 80.9 Å². The van der Waals surface area contributed by atoms with Crippen molar-refractivity contribution in [3.8, 4) is 33.4 Å². The molecule has 0 aliphatic carbocycles. The molecule has 0 saturated heterocycles. The molecule has 12 rings (SSSR count). The van der Waals surface area contributed by atoms with Crippen molar-refractivity contribution in [1.82, 2.24) is 0 Å². The van der Waals surface area contributed by atoms with Crippen molar-refractivity contribution in [3.05, 3.63) is 256 Å². The van der Waals surface area contributed by atoms with Crippen LogP contribution in [0.25, 0.3) is 33.4 Å². The van der Waals surface area contributed by atoms with Gasteiger partial charge in [0.2, 0.25) is 19.7 Å². The lowest BCUT2D eigenvalue weighted by Crippen LogP contribution is -2.29. The summed E-state index contributed by atoms with van der Waals surface area (Å²) in [5.74, 6) is 0. The van der Waals surface area contributed by atoms with E-state index >= 15 is 0 Å². The molecule has 0 radical (unpaired) electrons. The van der Waals surface area contributed by atoms with Gasteiger partial charge in [0.1, 0.15) is 0 Å². The van der Waals surface area contributed by atoms with E-state index in [1.807, 2.05) is 140 Å². The molecule has 0 amide bonds. The Morgan fingerprint density at radius 3 is 0.905 bits per heavy atom. The maximum atomic E-state index is 13.0. The first-order valence-electron chi connectivity index (χ1n) is 23.2. The van der Waals surface area contributed by atoms with Crippen molar-refractivity contribution < 1.29 is 26.9 Å². The molecular weight excluding hydrogens is 1160 g/mol. The molecule has 8 nitrogen and oxygen atoms in total. The summed E-state index contributed by atoms with van der Waals surface area (Å²) in [5, 5.41) is 18.5. The number of anilines is 6. The van der Waals surface area contributed by atoms with Crippen LogP contribution in [0.2, 0.25) is 0 Å². The first-order chi connectivity index (χ1) is 35.8. The first kappa shape index (κ1) is 50.6. The zero-order valence-corrected chi connectivity index (χ0v) is 45.4. The molecule has 0 bridgehead atoms. The Labute approximate surface area is 456 Å². The summed E-state index contributed by atoms with van der Waals surface area (Å²) in [4.78, 5) is 5.83. The van der Waals surface area contributed by atoms with Gasteiger partial charge in [0.25, 0.3) is 0 Å². The van der Waals surface area contributed by atoms with Gasteiger partial charge in [0, 0.05) is 69.8 Å². The standard InChI is InChI=1S/C30H20BrNO2S.C18H16BNO2.C12H6Br2O2S/c31-23-14-18-30-28(20-23)27-19-22(13-17-29(27)35(30,33)34)21-11-15-26(16-12-21)32(24-7-3-1-4-8-24)25-9-5-2-6-10-25;21-19(22)15-11-13-18(14-12-15)20(16-7-3-1-4-8-16)17-9-5-2-6-10-17;13-7-1-3-11-9(5-7)10-6-8(14)2-4-12(10)17(11,15)16/h1-20H;1-14,21-22H;1-6H. The van der Waals surface area contributed by atoms with Crippen molar-refractivity contribution in [2.45, 2.75) is 19.6 Å². The van der Waals surface area contributed by atoms with Gasteiger partial charge in [-0.25, -0.2) is 16.8 Å². The van der Waals surface area contributed by atoms with E-state index in [-0.39, 0.29) is 0 Å². The molecular formula is C60H42BBr3N2O6S2. The summed E-state index contributed by atoms with van der Waals surface area (Å²) < 4.78 is 53.1. The number of rotatable bonds is 8. The Kier molecular flexibility index (Phi) is 14.7. The van der Waals surface area contributed by atoms with Crippen LogP contribution >= 0.6 is 47.8 Å². The van der Waals surface area contributed by atoms with Crippen LogP contribution in [0.5, 0.6) is 0 Å². The average molecular weight is 1200 g/mol. The molecule has 0 atom stereocenters. The number of benzene rings is 10. The van der Waals surface area contributed by atoms with Gasteiger partial charge in [0.05, 0.1) is 19.6 Å². The number of halogens is 3. The smallest absolute Gasteiger partial charge is 0.423 e. The second-order valence-electron chi connectivity index (χ2n) is 17.2. The molecule has 2 N–H and O–H groups in total. The van der Waals surface area contributed by atoms with Crippen LogP contribution in [0, 0.1) is 0 Å². The highest BCUT2D eigenvalue weighted by atomic mass is 79.9. The highest BCUT2D eigenvalue weighted by Gasteiger charge is 2.34. The second kappa shape index (κ2) is 21.5. The number of fused-ring (bicyclic) bond motifs is 6. The number of sulfone groups is 2. The quantitative estimate of drug-likeness (QED) is 0.145. The molecule has 0 fully saturated rings. The van der Waals surface area contributed by atoms with E-state index in [2.05, 4.69) is 106 Å². The van der Waals surface area contributed by atoms with Crippen molar-refractivity contribution in [2.75, 3.05) is 9.80 Å². The fraction of sp³-hybridized carbons (Fsp3) is 0. The van der Waals surface area contributed by atoms with E-state index in [9.17, 15) is 26.9 Å². The Balaban J connectivity index is 0.000000137. The third kappa shape index (κ3) is 10.3. The molecule has 10 aromatic carbocycles. The topological polar surface area (TPSA) is 115 Å². The average Bonchev–Trinajstić information content (AvgIpc) is 3.79. The molecule has 74 heavy (non-hydrogen) atoms. The highest BCUT2D eigenvalue weighted by molar-refractivity contribution is 9.11. The Morgan fingerprint density at radius 2 is 0.581 bits per heavy atom. The minimum Gasteiger partial charge on any atom is -0.423 e. The van der Waals surface area contributed by atoms with Gasteiger partial charge in [0.15, 0.2) is 0 Å². The van der Waals surface area contributed by atoms with E-state index < -0.39 is 26.8 Å². The highest BCUT2D eigenvalue weighted by Crippen LogP contribution is 2.47. The maximum Gasteiger partial charge on any atom is 0.488 e. The molecule has 364 valence electrons. The molecule has 10 aromatic rings. The van der Waals surface area contributed by atoms with E-state index in [4.69, 9.17) is 0 Å². The molecule has 0 aromatic heterocycles. The normalized spacial score (nSPS) is 12.8. The number of hydrogen-bond acceptors (Lipinski definition) is 8. The van der Waals surface area contributed by atoms with Gasteiger partial charge in [-0.3, -0.25) is 0 Å². The van der Waals surface area contributed by atoms with Crippen LogP contribution in [-0.2, 0) is 19.7 Å². The number of hydrogen-bond donors (Lipinski definition) is 2. The van der Waals surface area contributed by atoms with Crippen molar-refractivity contribution in [3.63, 3.8) is 0 Å². The molecule has 0 spiro atoms. The summed E-state index contributed by atoms with van der Waals surface area (Å²) in [6, 6.07) is 77.6. The zero-order valence-electron chi connectivity index (χ0n) is 39.0. The summed E-state index contributed by atoms with van der Waals surface area (Å²) in [5.41, 5.74) is 11.7. The van der Waals surface area contributed by atoms with Gasteiger partial charge < -0.3 is 19.8 Å². The van der Waals surface area contributed by atoms with Crippen LogP contribution in [-0.4, -0.2) is 34.0 Å². The molecule has 0 saturated carbocycles. The van der Waals surface area contributed by atoms with Crippen molar-refractivity contribution >= 4 is 114 Å². The van der Waals surface area contributed by atoms with Crippen LogP contribution in [0.1, 0.15) is 0 Å². The Hall–Kier alpha value is -6.88. The van der Waals surface area contributed by atoms with Crippen molar-refractivity contribution in [1.29, 1.82) is 0 Å². The van der Waals surface area contributed by atoms with Crippen molar-refractivity contribution in [2.24, 2.45) is 0 Å². The van der Waals surface area contributed by atoms with Crippen LogP contribution in [0.3, 0.4) is 0 Å². The Bertz CT molecular complexity index is 3740. The molecule has 2 heterocycles. The van der Waals surface area contributed by atoms with Gasteiger partial charge in [-0.1, -0.05) is 151 Å². The van der Waals surface area contributed by atoms with E-state index in [1.54, 1.807) is 54.6 Å². The monoisotopic (exact) mass is 1200 g/mol. The minimum absolute atomic E-state index is 0.365. The van der Waals surface area contributed by atoms with Crippen LogP contribution in [0.4, 0.5) is 34.1 Å². The maximum absolute atomic E-state index is 13.0. The fourth-order valence-corrected chi connectivity index (χ4v) is 13.4. The zero-order chi connectivity index (χ0) is 51.6. The van der Waals surface area contributed by atoms with Crippen LogP contribution in [0.15, 0.2) is 276 Å². The number of nitrogens with zero attached hydrogens (tertiary/aromatic N) is 2. The minimum atomic E-state index is -3.49. The predicted octanol–water partition coefficient (Wildman–Crippen LogP) is 15.3. The molecule has 0 unspecified atom stereocenters. The lowest BCUT2D eigenvalue weighted by atomic mass is 9.80. The lowest BCUT2D eigenvalue weighted by Gasteiger charge is -2.25. The van der Waals surface area contributed by atoms with Gasteiger partial charge >= 0.3 is 7.12 Å². The van der Waals surface area contributed by atoms with E-state index in [0.29, 0.717) is 25.0 Å². The van der Waals surface area contributed by atoms with Gasteiger partial charge in [-0.2, -0.15) is 0 Å². The third-order valence-corrected chi connectivity index (χ3v) is 17.7. The lowest BCUT2D eigenvalue weighted by molar-refractivity contribution is 0.426. The molecule has 2 aliphatic rings. The molecule has 14 heteroatoms.